The van der Waals surface area contributed by atoms with Crippen LogP contribution in [0.15, 0.2) is 39.9 Å². The summed E-state index contributed by atoms with van der Waals surface area (Å²) in [6.45, 7) is -0.293. The van der Waals surface area contributed by atoms with Gasteiger partial charge in [0.05, 0.1) is 34.1 Å². The number of halogens is 1. The number of hydrogen-bond donors (Lipinski definition) is 3. The Morgan fingerprint density at radius 3 is 2.41 bits per heavy atom. The van der Waals surface area contributed by atoms with Gasteiger partial charge in [-0.3, -0.25) is 9.59 Å². The first-order chi connectivity index (χ1) is 13.9. The van der Waals surface area contributed by atoms with E-state index in [2.05, 4.69) is 31.8 Å². The number of phenolic OH excluding ortho intramolecular Hbond substituents is 1. The van der Waals surface area contributed by atoms with E-state index in [1.54, 1.807) is 24.3 Å². The molecule has 0 aliphatic carbocycles. The predicted octanol–water partition coefficient (Wildman–Crippen LogP) is 2.06. The molecule has 0 aliphatic rings. The maximum absolute atomic E-state index is 12.2. The minimum atomic E-state index is -0.545. The molecule has 0 bridgehead atoms. The molecule has 2 aromatic carbocycles. The number of amides is 2. The van der Waals surface area contributed by atoms with Gasteiger partial charge < -0.3 is 24.6 Å². The van der Waals surface area contributed by atoms with Gasteiger partial charge in [-0.05, 0) is 30.3 Å². The van der Waals surface area contributed by atoms with Crippen molar-refractivity contribution in [2.45, 2.75) is 0 Å². The molecule has 9 nitrogen and oxygen atoms in total. The number of hydrazone groups is 1. The molecule has 0 heterocycles. The number of hydrogen-bond acceptors (Lipinski definition) is 7. The first-order valence-electron chi connectivity index (χ1n) is 8.28. The van der Waals surface area contributed by atoms with Crippen LogP contribution in [-0.2, 0) is 4.79 Å². The average molecular weight is 466 g/mol. The van der Waals surface area contributed by atoms with Gasteiger partial charge >= 0.3 is 0 Å². The Labute approximate surface area is 175 Å². The van der Waals surface area contributed by atoms with Crippen molar-refractivity contribution < 1.29 is 28.9 Å². The van der Waals surface area contributed by atoms with Gasteiger partial charge in [-0.1, -0.05) is 15.9 Å². The third-order valence-corrected chi connectivity index (χ3v) is 4.20. The number of methoxy groups -OCH3 is 3. The lowest BCUT2D eigenvalue weighted by Gasteiger charge is -2.09. The van der Waals surface area contributed by atoms with E-state index in [1.807, 2.05) is 0 Å². The molecule has 0 spiro atoms. The minimum Gasteiger partial charge on any atom is -0.504 e. The average Bonchev–Trinajstić information content (AvgIpc) is 2.73. The van der Waals surface area contributed by atoms with Gasteiger partial charge in [-0.25, -0.2) is 5.43 Å². The van der Waals surface area contributed by atoms with Crippen molar-refractivity contribution in [3.8, 4) is 23.0 Å². The quantitative estimate of drug-likeness (QED) is 0.405. The highest BCUT2D eigenvalue weighted by molar-refractivity contribution is 9.10. The van der Waals surface area contributed by atoms with Crippen molar-refractivity contribution in [2.24, 2.45) is 5.10 Å². The summed E-state index contributed by atoms with van der Waals surface area (Å²) in [6, 6.07) is 7.85. The number of phenols is 1. The largest absolute Gasteiger partial charge is 0.504 e. The summed E-state index contributed by atoms with van der Waals surface area (Å²) >= 11 is 3.29. The van der Waals surface area contributed by atoms with Gasteiger partial charge in [0.2, 0.25) is 0 Å². The van der Waals surface area contributed by atoms with Crippen LogP contribution in [0.1, 0.15) is 15.9 Å². The summed E-state index contributed by atoms with van der Waals surface area (Å²) in [6.07, 6.45) is 1.26. The van der Waals surface area contributed by atoms with Crippen molar-refractivity contribution in [1.82, 2.24) is 10.7 Å². The molecule has 0 saturated carbocycles. The van der Waals surface area contributed by atoms with E-state index in [1.165, 1.54) is 33.6 Å². The second kappa shape index (κ2) is 10.3. The molecule has 0 atom stereocenters. The first kappa shape index (κ1) is 22.0. The molecule has 10 heteroatoms. The van der Waals surface area contributed by atoms with Crippen LogP contribution in [0.5, 0.6) is 23.0 Å². The van der Waals surface area contributed by atoms with E-state index in [-0.39, 0.29) is 18.0 Å². The van der Waals surface area contributed by atoms with Crippen molar-refractivity contribution in [2.75, 3.05) is 27.9 Å². The molecule has 0 saturated heterocycles. The number of carbonyl (C=O) groups is 2. The molecule has 0 aromatic heterocycles. The Bertz CT molecular complexity index is 932. The zero-order chi connectivity index (χ0) is 21.4. The van der Waals surface area contributed by atoms with Crippen LogP contribution < -0.4 is 25.0 Å². The number of rotatable bonds is 8. The number of aromatic hydroxyl groups is 1. The van der Waals surface area contributed by atoms with E-state index >= 15 is 0 Å². The Hall–Kier alpha value is -3.27. The zero-order valence-electron chi connectivity index (χ0n) is 16.0. The topological polar surface area (TPSA) is 118 Å². The Morgan fingerprint density at radius 1 is 1.07 bits per heavy atom. The van der Waals surface area contributed by atoms with E-state index < -0.39 is 11.8 Å². The molecular weight excluding hydrogens is 446 g/mol. The fourth-order valence-corrected chi connectivity index (χ4v) is 2.76. The van der Waals surface area contributed by atoms with Crippen LogP contribution >= 0.6 is 15.9 Å². The van der Waals surface area contributed by atoms with Crippen LogP contribution in [0.2, 0.25) is 0 Å². The molecule has 29 heavy (non-hydrogen) atoms. The SMILES string of the molecule is COc1ccc(C(=O)NCC(=O)N/N=C/c2cc(Br)cc(OC)c2O)cc1OC. The van der Waals surface area contributed by atoms with Gasteiger partial charge in [0.25, 0.3) is 11.8 Å². The van der Waals surface area contributed by atoms with Gasteiger partial charge in [-0.15, -0.1) is 0 Å². The third-order valence-electron chi connectivity index (χ3n) is 3.74. The molecule has 0 radical (unpaired) electrons. The monoisotopic (exact) mass is 465 g/mol. The van der Waals surface area contributed by atoms with Crippen LogP contribution in [-0.4, -0.2) is 51.0 Å². The Morgan fingerprint density at radius 2 is 1.76 bits per heavy atom. The van der Waals surface area contributed by atoms with Crippen LogP contribution in [0, 0.1) is 0 Å². The Balaban J connectivity index is 1.93. The van der Waals surface area contributed by atoms with Crippen LogP contribution in [0.4, 0.5) is 0 Å². The summed E-state index contributed by atoms with van der Waals surface area (Å²) in [7, 11) is 4.38. The molecule has 2 rings (SSSR count). The van der Waals surface area contributed by atoms with Crippen LogP contribution in [0.3, 0.4) is 0 Å². The summed E-state index contributed by atoms with van der Waals surface area (Å²) in [4.78, 5) is 24.1. The molecule has 2 aromatic rings. The standard InChI is InChI=1S/C19H20BrN3O6/c1-27-14-5-4-11(7-15(14)28-2)19(26)21-10-17(24)23-22-9-12-6-13(20)8-16(29-3)18(12)25/h4-9,25H,10H2,1-3H3,(H,21,26)(H,23,24)/b22-9+. The summed E-state index contributed by atoms with van der Waals surface area (Å²) in [5, 5.41) is 16.3. The van der Waals surface area contributed by atoms with Gasteiger partial charge in [0.15, 0.2) is 23.0 Å². The molecule has 0 fully saturated rings. The number of carbonyl (C=O) groups excluding carboxylic acids is 2. The number of nitrogens with one attached hydrogen (secondary N) is 2. The fraction of sp³-hybridized carbons (Fsp3) is 0.211. The van der Waals surface area contributed by atoms with Crippen molar-refractivity contribution in [3.63, 3.8) is 0 Å². The number of benzene rings is 2. The fourth-order valence-electron chi connectivity index (χ4n) is 2.30. The summed E-state index contributed by atoms with van der Waals surface area (Å²) < 4.78 is 16.0. The molecule has 0 unspecified atom stereocenters. The van der Waals surface area contributed by atoms with Crippen molar-refractivity contribution in [3.05, 3.63) is 45.9 Å². The molecule has 0 aliphatic heterocycles. The lowest BCUT2D eigenvalue weighted by atomic mass is 10.2. The van der Waals surface area contributed by atoms with E-state index in [0.717, 1.165) is 0 Å². The van der Waals surface area contributed by atoms with Crippen molar-refractivity contribution >= 4 is 34.0 Å². The number of ether oxygens (including phenoxy) is 3. The van der Waals surface area contributed by atoms with E-state index in [4.69, 9.17) is 14.2 Å². The highest BCUT2D eigenvalue weighted by atomic mass is 79.9. The van der Waals surface area contributed by atoms with E-state index in [0.29, 0.717) is 27.1 Å². The smallest absolute Gasteiger partial charge is 0.259 e. The molecular formula is C19H20BrN3O6. The number of nitrogens with zero attached hydrogens (tertiary/aromatic N) is 1. The Kier molecular flexibility index (Phi) is 7.84. The van der Waals surface area contributed by atoms with Gasteiger partial charge in [0, 0.05) is 15.6 Å². The molecule has 2 amide bonds. The lowest BCUT2D eigenvalue weighted by Crippen LogP contribution is -2.34. The third kappa shape index (κ3) is 5.85. The molecule has 154 valence electrons. The van der Waals surface area contributed by atoms with Gasteiger partial charge in [0.1, 0.15) is 0 Å². The maximum atomic E-state index is 12.2. The predicted molar refractivity (Wildman–Crippen MR) is 110 cm³/mol. The zero-order valence-corrected chi connectivity index (χ0v) is 17.6. The maximum Gasteiger partial charge on any atom is 0.259 e. The first-order valence-corrected chi connectivity index (χ1v) is 9.07. The highest BCUT2D eigenvalue weighted by Gasteiger charge is 2.12. The molecule has 3 N–H and O–H groups in total. The van der Waals surface area contributed by atoms with Crippen LogP contribution in [0.25, 0.3) is 0 Å². The second-order valence-electron chi connectivity index (χ2n) is 5.59. The normalized spacial score (nSPS) is 10.5. The van der Waals surface area contributed by atoms with Crippen molar-refractivity contribution in [1.29, 1.82) is 0 Å². The summed E-state index contributed by atoms with van der Waals surface area (Å²) in [5.41, 5.74) is 2.92. The highest BCUT2D eigenvalue weighted by Crippen LogP contribution is 2.32. The van der Waals surface area contributed by atoms with E-state index in [9.17, 15) is 14.7 Å². The van der Waals surface area contributed by atoms with Gasteiger partial charge in [-0.2, -0.15) is 5.10 Å². The summed E-state index contributed by atoms with van der Waals surface area (Å²) in [5.74, 6) is 0.0304. The minimum absolute atomic E-state index is 0.115. The lowest BCUT2D eigenvalue weighted by molar-refractivity contribution is -0.120. The second-order valence-corrected chi connectivity index (χ2v) is 6.51.